The van der Waals surface area contributed by atoms with Gasteiger partial charge in [0.05, 0.1) is 6.10 Å². The summed E-state index contributed by atoms with van der Waals surface area (Å²) < 4.78 is 0. The first kappa shape index (κ1) is 15.3. The van der Waals surface area contributed by atoms with Crippen molar-refractivity contribution >= 4 is 5.91 Å². The number of amides is 1. The highest BCUT2D eigenvalue weighted by Crippen LogP contribution is 2.42. The van der Waals surface area contributed by atoms with Crippen molar-refractivity contribution < 1.29 is 9.90 Å². The SMILES string of the molecule is O=C(NCC1CCC(O)CC1)C1CCC2CCCCC2C1. The fourth-order valence-electron chi connectivity index (χ4n) is 4.85. The zero-order valence-electron chi connectivity index (χ0n) is 13.2. The van der Waals surface area contributed by atoms with Gasteiger partial charge in [-0.25, -0.2) is 0 Å². The Labute approximate surface area is 128 Å². The maximum atomic E-state index is 12.4. The van der Waals surface area contributed by atoms with E-state index in [0.717, 1.165) is 56.9 Å². The van der Waals surface area contributed by atoms with Crippen LogP contribution in [-0.4, -0.2) is 23.7 Å². The molecule has 0 heterocycles. The molecule has 0 radical (unpaired) electrons. The zero-order chi connectivity index (χ0) is 14.7. The van der Waals surface area contributed by atoms with Crippen molar-refractivity contribution in [1.29, 1.82) is 0 Å². The normalized spacial score (nSPS) is 40.3. The molecule has 0 aromatic heterocycles. The van der Waals surface area contributed by atoms with Gasteiger partial charge in [0.15, 0.2) is 0 Å². The lowest BCUT2D eigenvalue weighted by Crippen LogP contribution is -2.39. The summed E-state index contributed by atoms with van der Waals surface area (Å²) in [4.78, 5) is 12.4. The van der Waals surface area contributed by atoms with Crippen LogP contribution in [0.25, 0.3) is 0 Å². The van der Waals surface area contributed by atoms with Crippen LogP contribution < -0.4 is 5.32 Å². The molecule has 0 aromatic rings. The maximum Gasteiger partial charge on any atom is 0.223 e. The third-order valence-corrected chi connectivity index (χ3v) is 6.29. The molecule has 3 saturated carbocycles. The van der Waals surface area contributed by atoms with Crippen LogP contribution in [0.15, 0.2) is 0 Å². The molecule has 1 amide bonds. The van der Waals surface area contributed by atoms with E-state index in [1.165, 1.54) is 32.1 Å². The molecule has 3 rings (SSSR count). The van der Waals surface area contributed by atoms with Gasteiger partial charge >= 0.3 is 0 Å². The molecule has 0 aromatic carbocycles. The largest absolute Gasteiger partial charge is 0.393 e. The molecule has 3 atom stereocenters. The molecular weight excluding hydrogens is 262 g/mol. The van der Waals surface area contributed by atoms with Crippen LogP contribution in [0.4, 0.5) is 0 Å². The lowest BCUT2D eigenvalue weighted by atomic mass is 9.67. The van der Waals surface area contributed by atoms with Crippen molar-refractivity contribution in [2.24, 2.45) is 23.7 Å². The quantitative estimate of drug-likeness (QED) is 0.839. The molecule has 3 heteroatoms. The molecule has 0 saturated heterocycles. The number of carbonyl (C=O) groups excluding carboxylic acids is 1. The Morgan fingerprint density at radius 3 is 2.38 bits per heavy atom. The van der Waals surface area contributed by atoms with Crippen molar-refractivity contribution in [2.45, 2.75) is 76.7 Å². The molecule has 3 fully saturated rings. The lowest BCUT2D eigenvalue weighted by molar-refractivity contribution is -0.127. The van der Waals surface area contributed by atoms with Crippen molar-refractivity contribution in [3.63, 3.8) is 0 Å². The molecule has 3 unspecified atom stereocenters. The fourth-order valence-corrected chi connectivity index (χ4v) is 4.85. The predicted molar refractivity (Wildman–Crippen MR) is 83.8 cm³/mol. The van der Waals surface area contributed by atoms with Crippen LogP contribution in [-0.2, 0) is 4.79 Å². The third kappa shape index (κ3) is 4.00. The molecular formula is C18H31NO2. The van der Waals surface area contributed by atoms with E-state index in [9.17, 15) is 9.90 Å². The molecule has 0 bridgehead atoms. The van der Waals surface area contributed by atoms with Gasteiger partial charge in [-0.15, -0.1) is 0 Å². The van der Waals surface area contributed by atoms with Crippen molar-refractivity contribution in [1.82, 2.24) is 5.32 Å². The molecule has 3 aliphatic rings. The van der Waals surface area contributed by atoms with Gasteiger partial charge in [-0.05, 0) is 62.7 Å². The Bertz CT molecular complexity index is 349. The minimum absolute atomic E-state index is 0.0986. The lowest BCUT2D eigenvalue weighted by Gasteiger charge is -2.39. The predicted octanol–water partition coefficient (Wildman–Crippen LogP) is 3.26. The van der Waals surface area contributed by atoms with Gasteiger partial charge in [0, 0.05) is 12.5 Å². The van der Waals surface area contributed by atoms with Crippen molar-refractivity contribution in [3.8, 4) is 0 Å². The molecule has 0 spiro atoms. The Hall–Kier alpha value is -0.570. The van der Waals surface area contributed by atoms with E-state index < -0.39 is 0 Å². The molecule has 120 valence electrons. The molecule has 21 heavy (non-hydrogen) atoms. The highest BCUT2D eigenvalue weighted by molar-refractivity contribution is 5.78. The summed E-state index contributed by atoms with van der Waals surface area (Å²) in [6.07, 6.45) is 12.9. The Morgan fingerprint density at radius 1 is 0.905 bits per heavy atom. The highest BCUT2D eigenvalue weighted by atomic mass is 16.3. The second-order valence-electron chi connectivity index (χ2n) is 7.73. The topological polar surface area (TPSA) is 49.3 Å². The van der Waals surface area contributed by atoms with Crippen LogP contribution >= 0.6 is 0 Å². The molecule has 3 nitrogen and oxygen atoms in total. The number of aliphatic hydroxyl groups excluding tert-OH is 1. The summed E-state index contributed by atoms with van der Waals surface area (Å²) >= 11 is 0. The number of nitrogens with one attached hydrogen (secondary N) is 1. The van der Waals surface area contributed by atoms with Gasteiger partial charge in [-0.2, -0.15) is 0 Å². The monoisotopic (exact) mass is 293 g/mol. The van der Waals surface area contributed by atoms with E-state index in [1.54, 1.807) is 0 Å². The van der Waals surface area contributed by atoms with E-state index in [4.69, 9.17) is 0 Å². The average Bonchev–Trinajstić information content (AvgIpc) is 2.53. The van der Waals surface area contributed by atoms with Crippen LogP contribution in [0, 0.1) is 23.7 Å². The van der Waals surface area contributed by atoms with Crippen LogP contribution in [0.5, 0.6) is 0 Å². The van der Waals surface area contributed by atoms with Gasteiger partial charge in [-0.3, -0.25) is 4.79 Å². The van der Waals surface area contributed by atoms with Gasteiger partial charge in [0.2, 0.25) is 5.91 Å². The minimum atomic E-state index is -0.0986. The number of hydrogen-bond donors (Lipinski definition) is 2. The third-order valence-electron chi connectivity index (χ3n) is 6.29. The van der Waals surface area contributed by atoms with Gasteiger partial charge in [0.25, 0.3) is 0 Å². The van der Waals surface area contributed by atoms with Gasteiger partial charge in [-0.1, -0.05) is 25.7 Å². The van der Waals surface area contributed by atoms with Crippen molar-refractivity contribution in [3.05, 3.63) is 0 Å². The minimum Gasteiger partial charge on any atom is -0.393 e. The molecule has 0 aliphatic heterocycles. The van der Waals surface area contributed by atoms with Crippen LogP contribution in [0.1, 0.15) is 70.6 Å². The second-order valence-corrected chi connectivity index (χ2v) is 7.73. The molecule has 3 aliphatic carbocycles. The van der Waals surface area contributed by atoms with E-state index in [2.05, 4.69) is 5.32 Å². The number of hydrogen-bond acceptors (Lipinski definition) is 2. The summed E-state index contributed by atoms with van der Waals surface area (Å²) in [6.45, 7) is 0.830. The van der Waals surface area contributed by atoms with Gasteiger partial charge in [0.1, 0.15) is 0 Å². The van der Waals surface area contributed by atoms with E-state index >= 15 is 0 Å². The fraction of sp³-hybridized carbons (Fsp3) is 0.944. The number of aliphatic hydroxyl groups is 1. The maximum absolute atomic E-state index is 12.4. The summed E-state index contributed by atoms with van der Waals surface area (Å²) in [7, 11) is 0. The summed E-state index contributed by atoms with van der Waals surface area (Å²) in [5.41, 5.74) is 0. The average molecular weight is 293 g/mol. The van der Waals surface area contributed by atoms with Crippen LogP contribution in [0.2, 0.25) is 0 Å². The zero-order valence-corrected chi connectivity index (χ0v) is 13.2. The Balaban J connectivity index is 1.41. The standard InChI is InChI=1S/C18H31NO2/c20-17-9-5-13(6-10-17)12-19-18(21)16-8-7-14-3-1-2-4-15(14)11-16/h13-17,20H,1-12H2,(H,19,21). The smallest absolute Gasteiger partial charge is 0.223 e. The number of carbonyl (C=O) groups is 1. The summed E-state index contributed by atoms with van der Waals surface area (Å²) in [5, 5.41) is 12.7. The number of rotatable bonds is 3. The first-order chi connectivity index (χ1) is 10.2. The van der Waals surface area contributed by atoms with E-state index in [0.29, 0.717) is 11.8 Å². The van der Waals surface area contributed by atoms with Crippen molar-refractivity contribution in [2.75, 3.05) is 6.54 Å². The summed E-state index contributed by atoms with van der Waals surface area (Å²) in [5.74, 6) is 2.92. The first-order valence-electron chi connectivity index (χ1n) is 9.18. The molecule has 2 N–H and O–H groups in total. The number of fused-ring (bicyclic) bond motifs is 1. The first-order valence-corrected chi connectivity index (χ1v) is 9.18. The van der Waals surface area contributed by atoms with Gasteiger partial charge < -0.3 is 10.4 Å². The summed E-state index contributed by atoms with van der Waals surface area (Å²) in [6, 6.07) is 0. The second kappa shape index (κ2) is 7.13. The van der Waals surface area contributed by atoms with Crippen LogP contribution in [0.3, 0.4) is 0 Å². The highest BCUT2D eigenvalue weighted by Gasteiger charge is 2.35. The van der Waals surface area contributed by atoms with E-state index in [1.807, 2.05) is 0 Å². The Kier molecular flexibility index (Phi) is 5.20. The van der Waals surface area contributed by atoms with E-state index in [-0.39, 0.29) is 12.0 Å². The Morgan fingerprint density at radius 2 is 1.62 bits per heavy atom.